The fraction of sp³-hybridized carbons (Fsp3) is 0.667. The Bertz CT molecular complexity index is 407. The maximum absolute atomic E-state index is 10.00. The Kier molecular flexibility index (Phi) is 6.52. The van der Waals surface area contributed by atoms with Gasteiger partial charge in [0.2, 0.25) is 0 Å². The molecule has 1 atom stereocenters. The van der Waals surface area contributed by atoms with Crippen LogP contribution in [0.1, 0.15) is 43.2 Å². The van der Waals surface area contributed by atoms with Crippen LogP contribution in [0.5, 0.6) is 5.75 Å². The van der Waals surface area contributed by atoms with Crippen molar-refractivity contribution in [2.45, 2.75) is 52.1 Å². The number of aliphatic hydroxyl groups excluding tert-OH is 1. The van der Waals surface area contributed by atoms with E-state index in [9.17, 15) is 5.11 Å². The summed E-state index contributed by atoms with van der Waals surface area (Å²) in [4.78, 5) is 0. The highest BCUT2D eigenvalue weighted by atomic mass is 16.5. The zero-order valence-corrected chi connectivity index (χ0v) is 13.4. The first-order valence-electron chi connectivity index (χ1n) is 8.24. The van der Waals surface area contributed by atoms with Crippen molar-refractivity contribution in [3.8, 4) is 5.75 Å². The van der Waals surface area contributed by atoms with Crippen molar-refractivity contribution in [3.05, 3.63) is 29.3 Å². The number of nitrogens with one attached hydrogen (secondary N) is 1. The Balaban J connectivity index is 1.62. The second-order valence-corrected chi connectivity index (χ2v) is 6.33. The molecule has 0 saturated heterocycles. The standard InChI is InChI=1S/C18H29NO2/c1-14-6-5-7-15(2)18(14)21-13-17(20)12-19-11-10-16-8-3-4-9-16/h5-7,16-17,19-20H,3-4,8-13H2,1-2H3. The van der Waals surface area contributed by atoms with E-state index in [-0.39, 0.29) is 0 Å². The smallest absolute Gasteiger partial charge is 0.125 e. The van der Waals surface area contributed by atoms with Crippen molar-refractivity contribution >= 4 is 0 Å². The van der Waals surface area contributed by atoms with Crippen LogP contribution in [0.3, 0.4) is 0 Å². The number of aliphatic hydroxyl groups is 1. The van der Waals surface area contributed by atoms with Gasteiger partial charge in [0.05, 0.1) is 0 Å². The fourth-order valence-electron chi connectivity index (χ4n) is 3.14. The number of rotatable bonds is 8. The van der Waals surface area contributed by atoms with E-state index in [4.69, 9.17) is 4.74 Å². The molecule has 3 nitrogen and oxygen atoms in total. The lowest BCUT2D eigenvalue weighted by Crippen LogP contribution is -2.32. The molecular formula is C18H29NO2. The molecule has 1 fully saturated rings. The van der Waals surface area contributed by atoms with E-state index in [1.807, 2.05) is 32.0 Å². The first-order valence-corrected chi connectivity index (χ1v) is 8.24. The number of benzene rings is 1. The quantitative estimate of drug-likeness (QED) is 0.723. The molecule has 1 aromatic rings. The first kappa shape index (κ1) is 16.3. The zero-order chi connectivity index (χ0) is 15.1. The average Bonchev–Trinajstić information content (AvgIpc) is 2.96. The van der Waals surface area contributed by atoms with Crippen LogP contribution in [0.2, 0.25) is 0 Å². The second-order valence-electron chi connectivity index (χ2n) is 6.33. The summed E-state index contributed by atoms with van der Waals surface area (Å²) in [5.41, 5.74) is 2.24. The number of aryl methyl sites for hydroxylation is 2. The molecule has 21 heavy (non-hydrogen) atoms. The number of hydrogen-bond acceptors (Lipinski definition) is 3. The van der Waals surface area contributed by atoms with E-state index in [0.717, 1.165) is 29.3 Å². The van der Waals surface area contributed by atoms with Gasteiger partial charge in [-0.05, 0) is 43.9 Å². The number of hydrogen-bond donors (Lipinski definition) is 2. The minimum absolute atomic E-state index is 0.349. The summed E-state index contributed by atoms with van der Waals surface area (Å²) in [5.74, 6) is 1.81. The SMILES string of the molecule is Cc1cccc(C)c1OCC(O)CNCCC1CCCC1. The molecule has 0 radical (unpaired) electrons. The Hall–Kier alpha value is -1.06. The highest BCUT2D eigenvalue weighted by Gasteiger charge is 2.14. The molecule has 0 heterocycles. The monoisotopic (exact) mass is 291 g/mol. The van der Waals surface area contributed by atoms with Crippen molar-refractivity contribution in [3.63, 3.8) is 0 Å². The summed E-state index contributed by atoms with van der Waals surface area (Å²) in [6, 6.07) is 6.10. The summed E-state index contributed by atoms with van der Waals surface area (Å²) in [6.07, 6.45) is 6.37. The largest absolute Gasteiger partial charge is 0.490 e. The highest BCUT2D eigenvalue weighted by molar-refractivity contribution is 5.39. The number of ether oxygens (including phenoxy) is 1. The maximum atomic E-state index is 10.00. The summed E-state index contributed by atoms with van der Waals surface area (Å²) < 4.78 is 5.77. The highest BCUT2D eigenvalue weighted by Crippen LogP contribution is 2.26. The Morgan fingerprint density at radius 1 is 1.24 bits per heavy atom. The molecule has 0 amide bonds. The van der Waals surface area contributed by atoms with E-state index in [0.29, 0.717) is 13.2 Å². The molecule has 2 rings (SSSR count). The van der Waals surface area contributed by atoms with Crippen LogP contribution < -0.4 is 10.1 Å². The second kappa shape index (κ2) is 8.40. The van der Waals surface area contributed by atoms with Crippen molar-refractivity contribution < 1.29 is 9.84 Å². The topological polar surface area (TPSA) is 41.5 Å². The molecule has 0 aliphatic heterocycles. The van der Waals surface area contributed by atoms with E-state index in [1.165, 1.54) is 32.1 Å². The van der Waals surface area contributed by atoms with Gasteiger partial charge in [-0.1, -0.05) is 43.9 Å². The Morgan fingerprint density at radius 3 is 2.57 bits per heavy atom. The van der Waals surface area contributed by atoms with Crippen molar-refractivity contribution in [2.24, 2.45) is 5.92 Å². The molecule has 0 aromatic heterocycles. The van der Waals surface area contributed by atoms with Crippen LogP contribution >= 0.6 is 0 Å². The zero-order valence-electron chi connectivity index (χ0n) is 13.4. The molecule has 0 bridgehead atoms. The predicted molar refractivity (Wildman–Crippen MR) is 86.9 cm³/mol. The van der Waals surface area contributed by atoms with Gasteiger partial charge in [0.15, 0.2) is 0 Å². The molecule has 1 aliphatic carbocycles. The lowest BCUT2D eigenvalue weighted by Gasteiger charge is -2.16. The fourth-order valence-corrected chi connectivity index (χ4v) is 3.14. The normalized spacial score (nSPS) is 17.1. The minimum atomic E-state index is -0.451. The van der Waals surface area contributed by atoms with Gasteiger partial charge in [-0.2, -0.15) is 0 Å². The molecule has 118 valence electrons. The third-order valence-corrected chi connectivity index (χ3v) is 4.41. The van der Waals surface area contributed by atoms with Crippen LogP contribution in [0.4, 0.5) is 0 Å². The van der Waals surface area contributed by atoms with Gasteiger partial charge >= 0.3 is 0 Å². The molecule has 3 heteroatoms. The molecular weight excluding hydrogens is 262 g/mol. The van der Waals surface area contributed by atoms with Gasteiger partial charge in [0.25, 0.3) is 0 Å². The van der Waals surface area contributed by atoms with Gasteiger partial charge in [-0.15, -0.1) is 0 Å². The van der Waals surface area contributed by atoms with Gasteiger partial charge in [-0.3, -0.25) is 0 Å². The van der Waals surface area contributed by atoms with Gasteiger partial charge in [0.1, 0.15) is 18.5 Å². The third kappa shape index (κ3) is 5.33. The molecule has 1 aromatic carbocycles. The average molecular weight is 291 g/mol. The third-order valence-electron chi connectivity index (χ3n) is 4.41. The molecule has 0 spiro atoms. The summed E-state index contributed by atoms with van der Waals surface area (Å²) in [7, 11) is 0. The van der Waals surface area contributed by atoms with Crippen molar-refractivity contribution in [1.82, 2.24) is 5.32 Å². The van der Waals surface area contributed by atoms with Crippen LogP contribution in [0.25, 0.3) is 0 Å². The molecule has 1 saturated carbocycles. The van der Waals surface area contributed by atoms with E-state index >= 15 is 0 Å². The van der Waals surface area contributed by atoms with Crippen LogP contribution in [0, 0.1) is 19.8 Å². The van der Waals surface area contributed by atoms with Gasteiger partial charge < -0.3 is 15.2 Å². The molecule has 1 unspecified atom stereocenters. The summed E-state index contributed by atoms with van der Waals surface area (Å²) >= 11 is 0. The van der Waals surface area contributed by atoms with Crippen LogP contribution in [0.15, 0.2) is 18.2 Å². The Morgan fingerprint density at radius 2 is 1.90 bits per heavy atom. The van der Waals surface area contributed by atoms with Crippen LogP contribution in [-0.4, -0.2) is 30.9 Å². The maximum Gasteiger partial charge on any atom is 0.125 e. The van der Waals surface area contributed by atoms with E-state index in [2.05, 4.69) is 5.32 Å². The predicted octanol–water partition coefficient (Wildman–Crippen LogP) is 3.21. The van der Waals surface area contributed by atoms with Crippen molar-refractivity contribution in [1.29, 1.82) is 0 Å². The lowest BCUT2D eigenvalue weighted by molar-refractivity contribution is 0.105. The molecule has 2 N–H and O–H groups in total. The number of para-hydroxylation sites is 1. The van der Waals surface area contributed by atoms with Crippen molar-refractivity contribution in [2.75, 3.05) is 19.7 Å². The summed E-state index contributed by atoms with van der Waals surface area (Å²) in [5, 5.41) is 13.3. The van der Waals surface area contributed by atoms with E-state index < -0.39 is 6.10 Å². The minimum Gasteiger partial charge on any atom is -0.490 e. The van der Waals surface area contributed by atoms with Gasteiger partial charge in [-0.25, -0.2) is 0 Å². The van der Waals surface area contributed by atoms with Crippen LogP contribution in [-0.2, 0) is 0 Å². The summed E-state index contributed by atoms with van der Waals surface area (Å²) in [6.45, 7) is 6.04. The Labute approximate surface area is 128 Å². The first-order chi connectivity index (χ1) is 10.2. The lowest BCUT2D eigenvalue weighted by atomic mass is 10.0. The van der Waals surface area contributed by atoms with Gasteiger partial charge in [0, 0.05) is 6.54 Å². The van der Waals surface area contributed by atoms with E-state index in [1.54, 1.807) is 0 Å². The molecule has 1 aliphatic rings.